The van der Waals surface area contributed by atoms with Gasteiger partial charge in [0.15, 0.2) is 0 Å². The maximum absolute atomic E-state index is 5.55. The number of likely N-dealkylation sites (N-methyl/N-ethyl adjacent to an activating group) is 1. The predicted octanol–water partition coefficient (Wildman–Crippen LogP) is 2.12. The number of piperidine rings is 1. The zero-order chi connectivity index (χ0) is 13.0. The molecule has 3 heteroatoms. The molecule has 2 unspecified atom stereocenters. The highest BCUT2D eigenvalue weighted by Gasteiger charge is 2.30. The number of nitrogens with one attached hydrogen (secondary N) is 1. The van der Waals surface area contributed by atoms with Crippen LogP contribution in [0.3, 0.4) is 0 Å². The maximum Gasteiger partial charge on any atom is 0.0510 e. The van der Waals surface area contributed by atoms with Crippen molar-refractivity contribution in [2.24, 2.45) is 11.3 Å². The van der Waals surface area contributed by atoms with Crippen molar-refractivity contribution in [3.63, 3.8) is 0 Å². The first-order chi connectivity index (χ1) is 8.61. The normalized spacial score (nSPS) is 30.5. The average molecular weight is 254 g/mol. The van der Waals surface area contributed by atoms with Crippen LogP contribution in [0.25, 0.3) is 0 Å². The van der Waals surface area contributed by atoms with E-state index in [0.717, 1.165) is 25.7 Å². The third-order valence-corrected chi connectivity index (χ3v) is 4.66. The zero-order valence-electron chi connectivity index (χ0n) is 12.4. The Bertz CT molecular complexity index is 239. The Kier molecular flexibility index (Phi) is 5.05. The molecular weight excluding hydrogens is 224 g/mol. The third-order valence-electron chi connectivity index (χ3n) is 4.66. The monoisotopic (exact) mass is 254 g/mol. The number of ether oxygens (including phenoxy) is 1. The largest absolute Gasteiger partial charge is 0.381 e. The van der Waals surface area contributed by atoms with Gasteiger partial charge in [-0.2, -0.15) is 0 Å². The van der Waals surface area contributed by atoms with Crippen LogP contribution in [-0.2, 0) is 4.74 Å². The van der Waals surface area contributed by atoms with Crippen molar-refractivity contribution >= 4 is 0 Å². The van der Waals surface area contributed by atoms with Crippen LogP contribution in [0.1, 0.15) is 40.0 Å². The lowest BCUT2D eigenvalue weighted by molar-refractivity contribution is 0.108. The quantitative estimate of drug-likeness (QED) is 0.813. The van der Waals surface area contributed by atoms with Crippen LogP contribution in [0.2, 0.25) is 0 Å². The van der Waals surface area contributed by atoms with Gasteiger partial charge in [-0.1, -0.05) is 20.8 Å². The highest BCUT2D eigenvalue weighted by molar-refractivity contribution is 4.85. The summed E-state index contributed by atoms with van der Waals surface area (Å²) in [7, 11) is 0. The van der Waals surface area contributed by atoms with Gasteiger partial charge in [0.2, 0.25) is 0 Å². The third kappa shape index (κ3) is 3.94. The minimum atomic E-state index is 0.556. The van der Waals surface area contributed by atoms with E-state index in [9.17, 15) is 0 Å². The molecule has 3 nitrogen and oxygen atoms in total. The molecule has 0 aromatic carbocycles. The number of likely N-dealkylation sites (tertiary alicyclic amines) is 1. The molecule has 18 heavy (non-hydrogen) atoms. The molecule has 106 valence electrons. The molecule has 0 saturated carbocycles. The lowest BCUT2D eigenvalue weighted by Gasteiger charge is -2.39. The number of nitrogens with zero attached hydrogens (tertiary/aromatic N) is 1. The van der Waals surface area contributed by atoms with Crippen molar-refractivity contribution in [3.8, 4) is 0 Å². The first-order valence-corrected chi connectivity index (χ1v) is 7.64. The first-order valence-electron chi connectivity index (χ1n) is 7.64. The predicted molar refractivity (Wildman–Crippen MR) is 75.8 cm³/mol. The maximum atomic E-state index is 5.55. The number of rotatable bonds is 5. The second kappa shape index (κ2) is 6.36. The molecule has 0 aromatic heterocycles. The minimum Gasteiger partial charge on any atom is -0.381 e. The topological polar surface area (TPSA) is 24.5 Å². The van der Waals surface area contributed by atoms with E-state index in [1.807, 2.05) is 0 Å². The van der Waals surface area contributed by atoms with E-state index in [0.29, 0.717) is 11.5 Å². The highest BCUT2D eigenvalue weighted by Crippen LogP contribution is 2.30. The van der Waals surface area contributed by atoms with Crippen LogP contribution in [0.15, 0.2) is 0 Å². The second-order valence-electron chi connectivity index (χ2n) is 6.75. The standard InChI is InChI=1S/C15H30N2O/c1-4-16-14(13-5-10-18-12-13)11-17-8-6-15(2,3)7-9-17/h13-14,16H,4-12H2,1-3H3. The highest BCUT2D eigenvalue weighted by atomic mass is 16.5. The molecular formula is C15H30N2O. The molecule has 2 atom stereocenters. The van der Waals surface area contributed by atoms with Gasteiger partial charge in [-0.25, -0.2) is 0 Å². The molecule has 2 aliphatic rings. The molecule has 0 bridgehead atoms. The molecule has 2 heterocycles. The molecule has 2 rings (SSSR count). The summed E-state index contributed by atoms with van der Waals surface area (Å²) in [5.74, 6) is 0.722. The van der Waals surface area contributed by atoms with Gasteiger partial charge in [0, 0.05) is 25.1 Å². The van der Waals surface area contributed by atoms with Gasteiger partial charge in [-0.05, 0) is 44.3 Å². The molecule has 1 N–H and O–H groups in total. The number of hydrogen-bond acceptors (Lipinski definition) is 3. The van der Waals surface area contributed by atoms with Crippen molar-refractivity contribution < 1.29 is 4.74 Å². The second-order valence-corrected chi connectivity index (χ2v) is 6.75. The molecule has 2 aliphatic heterocycles. The lowest BCUT2D eigenvalue weighted by atomic mass is 9.82. The molecule has 0 radical (unpaired) electrons. The van der Waals surface area contributed by atoms with Crippen molar-refractivity contribution in [1.82, 2.24) is 10.2 Å². The van der Waals surface area contributed by atoms with Gasteiger partial charge in [0.1, 0.15) is 0 Å². The Morgan fingerprint density at radius 1 is 1.33 bits per heavy atom. The fourth-order valence-corrected chi connectivity index (χ4v) is 3.13. The van der Waals surface area contributed by atoms with Gasteiger partial charge in [-0.15, -0.1) is 0 Å². The molecule has 2 saturated heterocycles. The Morgan fingerprint density at radius 2 is 2.06 bits per heavy atom. The zero-order valence-corrected chi connectivity index (χ0v) is 12.4. The van der Waals surface area contributed by atoms with Gasteiger partial charge < -0.3 is 15.0 Å². The molecule has 0 aromatic rings. The van der Waals surface area contributed by atoms with Crippen LogP contribution in [0.5, 0.6) is 0 Å². The summed E-state index contributed by atoms with van der Waals surface area (Å²) in [6.45, 7) is 13.7. The van der Waals surface area contributed by atoms with Crippen molar-refractivity contribution in [2.45, 2.75) is 46.1 Å². The summed E-state index contributed by atoms with van der Waals surface area (Å²) < 4.78 is 5.55. The van der Waals surface area contributed by atoms with Gasteiger partial charge >= 0.3 is 0 Å². The van der Waals surface area contributed by atoms with Crippen molar-refractivity contribution in [3.05, 3.63) is 0 Å². The van der Waals surface area contributed by atoms with E-state index < -0.39 is 0 Å². The molecule has 0 aliphatic carbocycles. The Labute approximate surface area is 112 Å². The van der Waals surface area contributed by atoms with Crippen LogP contribution in [0, 0.1) is 11.3 Å². The molecule has 0 amide bonds. The smallest absolute Gasteiger partial charge is 0.0510 e. The Balaban J connectivity index is 1.81. The summed E-state index contributed by atoms with van der Waals surface area (Å²) in [5.41, 5.74) is 0.556. The van der Waals surface area contributed by atoms with Crippen LogP contribution >= 0.6 is 0 Å². The fraction of sp³-hybridized carbons (Fsp3) is 1.00. The van der Waals surface area contributed by atoms with E-state index in [2.05, 4.69) is 31.0 Å². The van der Waals surface area contributed by atoms with E-state index in [1.54, 1.807) is 0 Å². The summed E-state index contributed by atoms with van der Waals surface area (Å²) >= 11 is 0. The minimum absolute atomic E-state index is 0.556. The van der Waals surface area contributed by atoms with E-state index in [4.69, 9.17) is 4.74 Å². The lowest BCUT2D eigenvalue weighted by Crippen LogP contribution is -2.48. The van der Waals surface area contributed by atoms with Gasteiger partial charge in [0.25, 0.3) is 0 Å². The SMILES string of the molecule is CCNC(CN1CCC(C)(C)CC1)C1CCOC1. The fourth-order valence-electron chi connectivity index (χ4n) is 3.13. The van der Waals surface area contributed by atoms with Gasteiger partial charge in [-0.3, -0.25) is 0 Å². The first kappa shape index (κ1) is 14.3. The van der Waals surface area contributed by atoms with Crippen molar-refractivity contribution in [1.29, 1.82) is 0 Å². The van der Waals surface area contributed by atoms with E-state index in [-0.39, 0.29) is 0 Å². The number of hydrogen-bond donors (Lipinski definition) is 1. The Hall–Kier alpha value is -0.120. The van der Waals surface area contributed by atoms with Crippen molar-refractivity contribution in [2.75, 3.05) is 39.4 Å². The summed E-state index contributed by atoms with van der Waals surface area (Å²) in [6.07, 6.45) is 3.91. The van der Waals surface area contributed by atoms with Crippen LogP contribution < -0.4 is 5.32 Å². The molecule has 0 spiro atoms. The van der Waals surface area contributed by atoms with Gasteiger partial charge in [0.05, 0.1) is 6.61 Å². The Morgan fingerprint density at radius 3 is 2.61 bits per heavy atom. The summed E-state index contributed by atoms with van der Waals surface area (Å²) in [6, 6.07) is 0.624. The average Bonchev–Trinajstić information content (AvgIpc) is 2.84. The summed E-state index contributed by atoms with van der Waals surface area (Å²) in [4.78, 5) is 2.65. The van der Waals surface area contributed by atoms with Crippen LogP contribution in [0.4, 0.5) is 0 Å². The summed E-state index contributed by atoms with van der Waals surface area (Å²) in [5, 5.41) is 3.67. The molecule has 2 fully saturated rings. The van der Waals surface area contributed by atoms with E-state index >= 15 is 0 Å². The van der Waals surface area contributed by atoms with Crippen LogP contribution in [-0.4, -0.2) is 50.3 Å². The van der Waals surface area contributed by atoms with E-state index in [1.165, 1.54) is 38.9 Å².